The quantitative estimate of drug-likeness (QED) is 0.499. The fourth-order valence-corrected chi connectivity index (χ4v) is 2.91. The monoisotopic (exact) mass is 486 g/mol. The van der Waals surface area contributed by atoms with Gasteiger partial charge in [0.05, 0.1) is 18.2 Å². The molecule has 1 heterocycles. The Labute approximate surface area is 188 Å². The molecule has 0 aliphatic heterocycles. The number of benzene rings is 2. The third-order valence-corrected chi connectivity index (χ3v) is 4.48. The molecule has 34 heavy (non-hydrogen) atoms. The summed E-state index contributed by atoms with van der Waals surface area (Å²) in [6.45, 7) is 0. The Balaban J connectivity index is 1.77. The lowest BCUT2D eigenvalue weighted by Crippen LogP contribution is -2.16. The molecular formula is C21H16F6N4O3. The molecule has 0 aliphatic rings. The van der Waals surface area contributed by atoms with Crippen molar-refractivity contribution >= 4 is 23.2 Å². The molecule has 7 nitrogen and oxygen atoms in total. The lowest BCUT2D eigenvalue weighted by molar-refractivity contribution is -0.143. The average Bonchev–Trinajstić information content (AvgIpc) is 3.13. The summed E-state index contributed by atoms with van der Waals surface area (Å²) in [7, 11) is 2.93. The normalized spacial score (nSPS) is 11.8. The molecule has 1 aromatic heterocycles. The minimum Gasteiger partial charge on any atom is -0.479 e. The first-order chi connectivity index (χ1) is 15.8. The highest BCUT2D eigenvalue weighted by molar-refractivity contribution is 6.07. The van der Waals surface area contributed by atoms with E-state index in [4.69, 9.17) is 4.74 Å². The van der Waals surface area contributed by atoms with Gasteiger partial charge in [0.15, 0.2) is 0 Å². The summed E-state index contributed by atoms with van der Waals surface area (Å²) >= 11 is 0. The van der Waals surface area contributed by atoms with Gasteiger partial charge in [0.1, 0.15) is 5.56 Å². The van der Waals surface area contributed by atoms with Crippen LogP contribution in [-0.2, 0) is 19.4 Å². The van der Waals surface area contributed by atoms with Crippen LogP contribution in [0.4, 0.5) is 37.7 Å². The van der Waals surface area contributed by atoms with Crippen molar-refractivity contribution in [3.05, 3.63) is 70.9 Å². The lowest BCUT2D eigenvalue weighted by atomic mass is 10.1. The Hall–Kier alpha value is -4.03. The van der Waals surface area contributed by atoms with Crippen LogP contribution in [0.1, 0.15) is 31.8 Å². The molecule has 0 spiro atoms. The van der Waals surface area contributed by atoms with Crippen molar-refractivity contribution in [2.24, 2.45) is 7.05 Å². The zero-order chi connectivity index (χ0) is 25.3. The van der Waals surface area contributed by atoms with Crippen LogP contribution in [-0.4, -0.2) is 28.7 Å². The van der Waals surface area contributed by atoms with Gasteiger partial charge < -0.3 is 15.4 Å². The topological polar surface area (TPSA) is 85.2 Å². The first-order valence-corrected chi connectivity index (χ1v) is 9.38. The SMILES string of the molecule is COc1nn(C)cc1C(=O)Nc1ccc(C(=O)Nc2cc(C(F)(F)F)cc(C(F)(F)F)c2)cc1. The molecule has 0 radical (unpaired) electrons. The molecule has 13 heteroatoms. The zero-order valence-corrected chi connectivity index (χ0v) is 17.5. The molecule has 2 amide bonds. The van der Waals surface area contributed by atoms with Gasteiger partial charge in [0.2, 0.25) is 5.88 Å². The summed E-state index contributed by atoms with van der Waals surface area (Å²) in [4.78, 5) is 24.8. The van der Waals surface area contributed by atoms with Crippen molar-refractivity contribution in [1.29, 1.82) is 0 Å². The summed E-state index contributed by atoms with van der Waals surface area (Å²) in [5.41, 5.74) is -3.43. The Morgan fingerprint density at radius 3 is 1.88 bits per heavy atom. The van der Waals surface area contributed by atoms with Crippen molar-refractivity contribution in [1.82, 2.24) is 9.78 Å². The number of hydrogen-bond acceptors (Lipinski definition) is 4. The van der Waals surface area contributed by atoms with E-state index in [1.165, 1.54) is 42.3 Å². The minimum absolute atomic E-state index is 0.0373. The summed E-state index contributed by atoms with van der Waals surface area (Å²) in [5, 5.41) is 8.54. The number of methoxy groups -OCH3 is 1. The third-order valence-electron chi connectivity index (χ3n) is 4.48. The van der Waals surface area contributed by atoms with Crippen molar-refractivity contribution < 1.29 is 40.7 Å². The number of aryl methyl sites for hydroxylation is 1. The van der Waals surface area contributed by atoms with Gasteiger partial charge in [-0.3, -0.25) is 14.3 Å². The second-order valence-electron chi connectivity index (χ2n) is 7.01. The van der Waals surface area contributed by atoms with Crippen LogP contribution in [0.25, 0.3) is 0 Å². The van der Waals surface area contributed by atoms with E-state index in [1.54, 1.807) is 7.05 Å². The van der Waals surface area contributed by atoms with E-state index in [-0.39, 0.29) is 28.8 Å². The second kappa shape index (κ2) is 9.08. The van der Waals surface area contributed by atoms with Crippen LogP contribution in [0.2, 0.25) is 0 Å². The van der Waals surface area contributed by atoms with Crippen LogP contribution in [0.3, 0.4) is 0 Å². The van der Waals surface area contributed by atoms with Crippen LogP contribution in [0, 0.1) is 0 Å². The molecule has 0 atom stereocenters. The molecule has 3 aromatic rings. The predicted octanol–water partition coefficient (Wildman–Crippen LogP) is 4.97. The number of rotatable bonds is 5. The number of ether oxygens (including phenoxy) is 1. The molecule has 0 fully saturated rings. The van der Waals surface area contributed by atoms with E-state index >= 15 is 0 Å². The van der Waals surface area contributed by atoms with Gasteiger partial charge in [0, 0.05) is 30.2 Å². The van der Waals surface area contributed by atoms with Gasteiger partial charge in [-0.2, -0.15) is 26.3 Å². The molecule has 3 rings (SSSR count). The highest BCUT2D eigenvalue weighted by atomic mass is 19.4. The smallest absolute Gasteiger partial charge is 0.416 e. The van der Waals surface area contributed by atoms with E-state index in [9.17, 15) is 35.9 Å². The van der Waals surface area contributed by atoms with Gasteiger partial charge >= 0.3 is 12.4 Å². The first-order valence-electron chi connectivity index (χ1n) is 9.38. The average molecular weight is 486 g/mol. The summed E-state index contributed by atoms with van der Waals surface area (Å²) < 4.78 is 84.3. The number of carbonyl (C=O) groups excluding carboxylic acids is 2. The van der Waals surface area contributed by atoms with Crippen LogP contribution in [0.5, 0.6) is 5.88 Å². The summed E-state index contributed by atoms with van der Waals surface area (Å²) in [5.74, 6) is -1.40. The van der Waals surface area contributed by atoms with Crippen molar-refractivity contribution in [3.8, 4) is 5.88 Å². The Morgan fingerprint density at radius 2 is 1.38 bits per heavy atom. The number of nitrogens with zero attached hydrogens (tertiary/aromatic N) is 2. The Morgan fingerprint density at radius 1 is 0.853 bits per heavy atom. The largest absolute Gasteiger partial charge is 0.479 e. The van der Waals surface area contributed by atoms with Gasteiger partial charge in [-0.1, -0.05) is 0 Å². The van der Waals surface area contributed by atoms with Crippen molar-refractivity contribution in [3.63, 3.8) is 0 Å². The molecular weight excluding hydrogens is 470 g/mol. The number of aromatic nitrogens is 2. The number of carbonyl (C=O) groups is 2. The van der Waals surface area contributed by atoms with E-state index < -0.39 is 41.0 Å². The summed E-state index contributed by atoms with van der Waals surface area (Å²) in [6, 6.07) is 5.93. The van der Waals surface area contributed by atoms with Gasteiger partial charge in [-0.05, 0) is 42.5 Å². The predicted molar refractivity (Wildman–Crippen MR) is 109 cm³/mol. The fourth-order valence-electron chi connectivity index (χ4n) is 2.91. The molecule has 0 saturated heterocycles. The van der Waals surface area contributed by atoms with Crippen molar-refractivity contribution in [2.75, 3.05) is 17.7 Å². The Kier molecular flexibility index (Phi) is 6.57. The lowest BCUT2D eigenvalue weighted by Gasteiger charge is -2.15. The van der Waals surface area contributed by atoms with Gasteiger partial charge in [0.25, 0.3) is 11.8 Å². The maximum Gasteiger partial charge on any atom is 0.416 e. The maximum atomic E-state index is 13.0. The van der Waals surface area contributed by atoms with E-state index in [0.29, 0.717) is 12.1 Å². The number of hydrogen-bond donors (Lipinski definition) is 2. The number of halogens is 6. The fraction of sp³-hybridized carbons (Fsp3) is 0.190. The molecule has 0 unspecified atom stereocenters. The number of alkyl halides is 6. The molecule has 180 valence electrons. The number of anilines is 2. The maximum absolute atomic E-state index is 13.0. The number of nitrogens with one attached hydrogen (secondary N) is 2. The second-order valence-corrected chi connectivity index (χ2v) is 7.01. The molecule has 0 bridgehead atoms. The molecule has 0 aliphatic carbocycles. The zero-order valence-electron chi connectivity index (χ0n) is 17.5. The van der Waals surface area contributed by atoms with E-state index in [0.717, 1.165) is 0 Å². The van der Waals surface area contributed by atoms with Crippen LogP contribution >= 0.6 is 0 Å². The molecule has 2 N–H and O–H groups in total. The number of amides is 2. The third kappa shape index (κ3) is 5.66. The van der Waals surface area contributed by atoms with Crippen LogP contribution in [0.15, 0.2) is 48.7 Å². The molecule has 0 saturated carbocycles. The standard InChI is InChI=1S/C21H16F6N4O3/c1-31-10-16(19(30-31)34-2)18(33)28-14-5-3-11(4-6-14)17(32)29-15-8-12(20(22,23)24)7-13(9-15)21(25,26)27/h3-10H,1-2H3,(H,28,33)(H,29,32). The van der Waals surface area contributed by atoms with Gasteiger partial charge in [-0.25, -0.2) is 0 Å². The van der Waals surface area contributed by atoms with Crippen LogP contribution < -0.4 is 15.4 Å². The minimum atomic E-state index is -5.04. The summed E-state index contributed by atoms with van der Waals surface area (Å²) in [6.07, 6.45) is -8.66. The highest BCUT2D eigenvalue weighted by Crippen LogP contribution is 2.37. The Bertz CT molecular complexity index is 1180. The highest BCUT2D eigenvalue weighted by Gasteiger charge is 2.37. The van der Waals surface area contributed by atoms with E-state index in [2.05, 4.69) is 10.4 Å². The van der Waals surface area contributed by atoms with Gasteiger partial charge in [-0.15, -0.1) is 5.10 Å². The first kappa shape index (κ1) is 24.6. The van der Waals surface area contributed by atoms with Crippen molar-refractivity contribution in [2.45, 2.75) is 12.4 Å². The molecule has 2 aromatic carbocycles. The van der Waals surface area contributed by atoms with E-state index in [1.807, 2.05) is 5.32 Å².